The molecule has 6 nitrogen and oxygen atoms in total. The van der Waals surface area contributed by atoms with Crippen LogP contribution in [0.5, 0.6) is 0 Å². The van der Waals surface area contributed by atoms with Crippen molar-refractivity contribution < 1.29 is 17.9 Å². The normalized spacial score (nSPS) is 11.3. The van der Waals surface area contributed by atoms with Gasteiger partial charge in [-0.25, -0.2) is 13.1 Å². The number of aryl methyl sites for hydroxylation is 1. The van der Waals surface area contributed by atoms with E-state index >= 15 is 0 Å². The van der Waals surface area contributed by atoms with Crippen LogP contribution in [0.4, 0.5) is 0 Å². The van der Waals surface area contributed by atoms with Crippen LogP contribution in [0.1, 0.15) is 21.5 Å². The van der Waals surface area contributed by atoms with E-state index in [2.05, 4.69) is 10.0 Å². The lowest BCUT2D eigenvalue weighted by Crippen LogP contribution is -2.27. The molecular weight excluding hydrogens is 340 g/mol. The maximum absolute atomic E-state index is 12.2. The van der Waals surface area contributed by atoms with Gasteiger partial charge in [0, 0.05) is 25.8 Å². The van der Waals surface area contributed by atoms with E-state index < -0.39 is 10.0 Å². The van der Waals surface area contributed by atoms with Gasteiger partial charge in [0.05, 0.1) is 11.5 Å². The predicted octanol–water partition coefficient (Wildman–Crippen LogP) is 1.85. The fourth-order valence-corrected chi connectivity index (χ4v) is 3.27. The Morgan fingerprint density at radius 2 is 1.76 bits per heavy atom. The molecule has 0 aromatic heterocycles. The van der Waals surface area contributed by atoms with Crippen molar-refractivity contribution >= 4 is 15.9 Å². The minimum Gasteiger partial charge on any atom is -0.383 e. The van der Waals surface area contributed by atoms with Gasteiger partial charge in [-0.05, 0) is 36.2 Å². The van der Waals surface area contributed by atoms with Crippen LogP contribution in [0, 0.1) is 6.92 Å². The van der Waals surface area contributed by atoms with Crippen molar-refractivity contribution in [3.63, 3.8) is 0 Å². The number of benzene rings is 2. The molecule has 0 heterocycles. The maximum Gasteiger partial charge on any atom is 0.251 e. The number of ether oxygens (including phenoxy) is 1. The summed E-state index contributed by atoms with van der Waals surface area (Å²) < 4.78 is 31.4. The topological polar surface area (TPSA) is 84.5 Å². The second kappa shape index (κ2) is 8.75. The quantitative estimate of drug-likeness (QED) is 0.702. The smallest absolute Gasteiger partial charge is 0.251 e. The van der Waals surface area contributed by atoms with Crippen LogP contribution in [0.3, 0.4) is 0 Å². The Kier molecular flexibility index (Phi) is 6.69. The summed E-state index contributed by atoms with van der Waals surface area (Å²) in [5.41, 5.74) is 2.35. The van der Waals surface area contributed by atoms with Crippen molar-refractivity contribution in [2.24, 2.45) is 0 Å². The van der Waals surface area contributed by atoms with Crippen molar-refractivity contribution in [3.8, 4) is 0 Å². The predicted molar refractivity (Wildman–Crippen MR) is 95.9 cm³/mol. The van der Waals surface area contributed by atoms with E-state index in [0.29, 0.717) is 18.7 Å². The molecule has 25 heavy (non-hydrogen) atoms. The summed E-state index contributed by atoms with van der Waals surface area (Å²) >= 11 is 0. The first kappa shape index (κ1) is 19.1. The van der Waals surface area contributed by atoms with E-state index in [9.17, 15) is 13.2 Å². The average Bonchev–Trinajstić information content (AvgIpc) is 2.60. The number of nitrogens with one attached hydrogen (secondary N) is 2. The molecule has 0 bridgehead atoms. The Morgan fingerprint density at radius 3 is 2.40 bits per heavy atom. The molecular formula is C18H22N2O4S. The second-order valence-electron chi connectivity index (χ2n) is 5.53. The SMILES string of the molecule is COCCNS(=O)(=O)c1ccc(CNC(=O)c2ccccc2C)cc1. The van der Waals surface area contributed by atoms with Gasteiger partial charge in [0.25, 0.3) is 5.91 Å². The summed E-state index contributed by atoms with van der Waals surface area (Å²) in [4.78, 5) is 12.4. The van der Waals surface area contributed by atoms with Crippen molar-refractivity contribution in [1.82, 2.24) is 10.0 Å². The molecule has 0 saturated heterocycles. The third-order valence-corrected chi connectivity index (χ3v) is 5.15. The third kappa shape index (κ3) is 5.38. The van der Waals surface area contributed by atoms with Crippen LogP contribution < -0.4 is 10.0 Å². The van der Waals surface area contributed by atoms with Crippen molar-refractivity contribution in [1.29, 1.82) is 0 Å². The highest BCUT2D eigenvalue weighted by Gasteiger charge is 2.13. The molecule has 0 aliphatic carbocycles. The molecule has 0 aliphatic rings. The highest BCUT2D eigenvalue weighted by Crippen LogP contribution is 2.11. The number of hydrogen-bond donors (Lipinski definition) is 2. The summed E-state index contributed by atoms with van der Waals surface area (Å²) in [5, 5.41) is 2.84. The fraction of sp³-hybridized carbons (Fsp3) is 0.278. The Morgan fingerprint density at radius 1 is 1.08 bits per heavy atom. The molecule has 0 spiro atoms. The second-order valence-corrected chi connectivity index (χ2v) is 7.30. The molecule has 0 atom stereocenters. The van der Waals surface area contributed by atoms with Crippen molar-refractivity contribution in [2.75, 3.05) is 20.3 Å². The standard InChI is InChI=1S/C18H22N2O4S/c1-14-5-3-4-6-17(14)18(21)19-13-15-7-9-16(10-8-15)25(22,23)20-11-12-24-2/h3-10,20H,11-13H2,1-2H3,(H,19,21). The minimum atomic E-state index is -3.55. The molecule has 7 heteroatoms. The zero-order chi connectivity index (χ0) is 18.3. The van der Waals surface area contributed by atoms with Crippen LogP contribution in [0.2, 0.25) is 0 Å². The van der Waals surface area contributed by atoms with Gasteiger partial charge in [0.15, 0.2) is 0 Å². The Balaban J connectivity index is 1.96. The van der Waals surface area contributed by atoms with Crippen molar-refractivity contribution in [2.45, 2.75) is 18.4 Å². The summed E-state index contributed by atoms with van der Waals surface area (Å²) in [6.45, 7) is 2.73. The Hall–Kier alpha value is -2.22. The lowest BCUT2D eigenvalue weighted by Gasteiger charge is -2.09. The first-order valence-electron chi connectivity index (χ1n) is 7.85. The zero-order valence-electron chi connectivity index (χ0n) is 14.3. The van der Waals surface area contributed by atoms with Crippen LogP contribution in [0.15, 0.2) is 53.4 Å². The molecule has 2 aromatic rings. The van der Waals surface area contributed by atoms with E-state index in [-0.39, 0.29) is 17.3 Å². The van der Waals surface area contributed by atoms with Crippen LogP contribution in [-0.4, -0.2) is 34.6 Å². The highest BCUT2D eigenvalue weighted by atomic mass is 32.2. The molecule has 1 amide bonds. The number of hydrogen-bond acceptors (Lipinski definition) is 4. The summed E-state index contributed by atoms with van der Waals surface area (Å²) in [5.74, 6) is -0.156. The first-order chi connectivity index (χ1) is 11.9. The molecule has 2 N–H and O–H groups in total. The average molecular weight is 362 g/mol. The van der Waals surface area contributed by atoms with Gasteiger partial charge >= 0.3 is 0 Å². The maximum atomic E-state index is 12.2. The summed E-state index contributed by atoms with van der Waals surface area (Å²) in [7, 11) is -2.04. The number of methoxy groups -OCH3 is 1. The van der Waals surface area contributed by atoms with Crippen LogP contribution in [0.25, 0.3) is 0 Å². The van der Waals surface area contributed by atoms with E-state index in [1.165, 1.54) is 19.2 Å². The molecule has 2 rings (SSSR count). The lowest BCUT2D eigenvalue weighted by atomic mass is 10.1. The van der Waals surface area contributed by atoms with Crippen molar-refractivity contribution in [3.05, 3.63) is 65.2 Å². The number of sulfonamides is 1. The monoisotopic (exact) mass is 362 g/mol. The van der Waals surface area contributed by atoms with Gasteiger partial charge < -0.3 is 10.1 Å². The van der Waals surface area contributed by atoms with Gasteiger partial charge in [0.2, 0.25) is 10.0 Å². The summed E-state index contributed by atoms with van der Waals surface area (Å²) in [6.07, 6.45) is 0. The lowest BCUT2D eigenvalue weighted by molar-refractivity contribution is 0.0950. The molecule has 0 unspecified atom stereocenters. The van der Waals surface area contributed by atoms with Gasteiger partial charge in [-0.1, -0.05) is 30.3 Å². The Bertz CT molecular complexity index is 817. The molecule has 0 fully saturated rings. The van der Waals surface area contributed by atoms with Crippen LogP contribution >= 0.6 is 0 Å². The van der Waals surface area contributed by atoms with Gasteiger partial charge in [0.1, 0.15) is 0 Å². The Labute approximate surface area is 148 Å². The molecule has 0 saturated carbocycles. The molecule has 0 aliphatic heterocycles. The van der Waals surface area contributed by atoms with Gasteiger partial charge in [-0.15, -0.1) is 0 Å². The molecule has 0 radical (unpaired) electrons. The van der Waals surface area contributed by atoms with E-state index in [4.69, 9.17) is 4.74 Å². The van der Waals surface area contributed by atoms with Gasteiger partial charge in [-0.2, -0.15) is 0 Å². The zero-order valence-corrected chi connectivity index (χ0v) is 15.1. The van der Waals surface area contributed by atoms with E-state index in [0.717, 1.165) is 11.1 Å². The molecule has 2 aromatic carbocycles. The van der Waals surface area contributed by atoms with E-state index in [1.54, 1.807) is 18.2 Å². The largest absolute Gasteiger partial charge is 0.383 e. The fourth-order valence-electron chi connectivity index (χ4n) is 2.25. The first-order valence-corrected chi connectivity index (χ1v) is 9.34. The van der Waals surface area contributed by atoms with Gasteiger partial charge in [-0.3, -0.25) is 4.79 Å². The summed E-state index contributed by atoms with van der Waals surface area (Å²) in [6, 6.07) is 13.8. The number of amides is 1. The third-order valence-electron chi connectivity index (χ3n) is 3.67. The molecule has 134 valence electrons. The highest BCUT2D eigenvalue weighted by molar-refractivity contribution is 7.89. The number of carbonyl (C=O) groups excluding carboxylic acids is 1. The number of rotatable bonds is 8. The van der Waals surface area contributed by atoms with E-state index in [1.807, 2.05) is 25.1 Å². The van der Waals surface area contributed by atoms with Crippen LogP contribution in [-0.2, 0) is 21.3 Å². The number of carbonyl (C=O) groups is 1. The minimum absolute atomic E-state index is 0.156.